The third kappa shape index (κ3) is 2.46. The first-order valence-corrected chi connectivity index (χ1v) is 5.67. The molecule has 0 radical (unpaired) electrons. The zero-order valence-electron chi connectivity index (χ0n) is 9.49. The number of aromatic nitrogens is 1. The van der Waals surface area contributed by atoms with Crippen molar-refractivity contribution >= 4 is 5.91 Å². The van der Waals surface area contributed by atoms with Crippen LogP contribution in [0.5, 0.6) is 0 Å². The van der Waals surface area contributed by atoms with Gasteiger partial charge >= 0.3 is 0 Å². The molecule has 1 aromatic heterocycles. The highest BCUT2D eigenvalue weighted by Crippen LogP contribution is 2.35. The fourth-order valence-electron chi connectivity index (χ4n) is 1.71. The first kappa shape index (κ1) is 10.8. The van der Waals surface area contributed by atoms with Crippen molar-refractivity contribution in [2.45, 2.75) is 32.2 Å². The molecule has 2 rings (SSSR count). The molecule has 0 aromatic carbocycles. The zero-order chi connectivity index (χ0) is 11.4. The van der Waals surface area contributed by atoms with Gasteiger partial charge in [-0.2, -0.15) is 0 Å². The Morgan fingerprint density at radius 3 is 3.12 bits per heavy atom. The van der Waals surface area contributed by atoms with Gasteiger partial charge in [-0.25, -0.2) is 0 Å². The summed E-state index contributed by atoms with van der Waals surface area (Å²) in [4.78, 5) is 11.8. The van der Waals surface area contributed by atoms with Crippen LogP contribution in [0.25, 0.3) is 0 Å². The average Bonchev–Trinajstić information content (AvgIpc) is 3.02. The molecule has 1 aliphatic carbocycles. The smallest absolute Gasteiger partial charge is 0.267 e. The number of hydrogen-bond acceptors (Lipinski definition) is 1. The summed E-state index contributed by atoms with van der Waals surface area (Å²) in [6, 6.07) is 4.35. The predicted octanol–water partition coefficient (Wildman–Crippen LogP) is 1.97. The molecule has 0 bridgehead atoms. The highest BCUT2D eigenvalue weighted by molar-refractivity contribution is 5.92. The first-order chi connectivity index (χ1) is 7.83. The van der Waals surface area contributed by atoms with Crippen molar-refractivity contribution < 1.29 is 4.79 Å². The third-order valence-corrected chi connectivity index (χ3v) is 2.66. The summed E-state index contributed by atoms with van der Waals surface area (Å²) in [5.41, 5.74) is 0.770. The van der Waals surface area contributed by atoms with E-state index in [1.165, 1.54) is 12.8 Å². The maximum Gasteiger partial charge on any atom is 0.267 e. The van der Waals surface area contributed by atoms with Gasteiger partial charge in [-0.3, -0.25) is 4.79 Å². The second-order valence-corrected chi connectivity index (χ2v) is 3.96. The highest BCUT2D eigenvalue weighted by atomic mass is 16.1. The summed E-state index contributed by atoms with van der Waals surface area (Å²) in [7, 11) is 0. The summed E-state index contributed by atoms with van der Waals surface area (Å²) in [5, 5.41) is 2.88. The second-order valence-electron chi connectivity index (χ2n) is 3.96. The SMILES string of the molecule is CC#CCCNC(=O)c1cccn1C1CC1. The van der Waals surface area contributed by atoms with E-state index in [0.29, 0.717) is 19.0 Å². The lowest BCUT2D eigenvalue weighted by molar-refractivity contribution is 0.0945. The Hall–Kier alpha value is -1.69. The Labute approximate surface area is 95.8 Å². The van der Waals surface area contributed by atoms with Crippen LogP contribution >= 0.6 is 0 Å². The number of carbonyl (C=O) groups excluding carboxylic acids is 1. The van der Waals surface area contributed by atoms with Crippen molar-refractivity contribution in [3.63, 3.8) is 0 Å². The van der Waals surface area contributed by atoms with Gasteiger partial charge in [0.2, 0.25) is 0 Å². The molecule has 1 heterocycles. The topological polar surface area (TPSA) is 34.0 Å². The molecule has 1 fully saturated rings. The van der Waals surface area contributed by atoms with Crippen molar-refractivity contribution in [1.82, 2.24) is 9.88 Å². The van der Waals surface area contributed by atoms with Gasteiger partial charge in [0.05, 0.1) is 0 Å². The zero-order valence-corrected chi connectivity index (χ0v) is 9.49. The Morgan fingerprint density at radius 1 is 1.62 bits per heavy atom. The summed E-state index contributed by atoms with van der Waals surface area (Å²) >= 11 is 0. The van der Waals surface area contributed by atoms with Crippen LogP contribution in [0.1, 0.15) is 42.7 Å². The maximum atomic E-state index is 11.8. The number of amides is 1. The molecule has 16 heavy (non-hydrogen) atoms. The van der Waals surface area contributed by atoms with E-state index >= 15 is 0 Å². The largest absolute Gasteiger partial charge is 0.350 e. The minimum atomic E-state index is 0.00908. The monoisotopic (exact) mass is 216 g/mol. The van der Waals surface area contributed by atoms with Crippen LogP contribution < -0.4 is 5.32 Å². The summed E-state index contributed by atoms with van der Waals surface area (Å²) in [6.07, 6.45) is 5.08. The number of hydrogen-bond donors (Lipinski definition) is 1. The van der Waals surface area contributed by atoms with Gasteiger partial charge in [-0.05, 0) is 31.9 Å². The fraction of sp³-hybridized carbons (Fsp3) is 0.462. The van der Waals surface area contributed by atoms with Gasteiger partial charge in [-0.1, -0.05) is 0 Å². The quantitative estimate of drug-likeness (QED) is 0.606. The molecule has 0 unspecified atom stereocenters. The molecular formula is C13H16N2O. The lowest BCUT2D eigenvalue weighted by Crippen LogP contribution is -2.26. The van der Waals surface area contributed by atoms with Crippen LogP contribution in [0.3, 0.4) is 0 Å². The number of carbonyl (C=O) groups is 1. The van der Waals surface area contributed by atoms with E-state index in [-0.39, 0.29) is 5.91 Å². The molecule has 0 atom stereocenters. The molecule has 1 aromatic rings. The number of rotatable bonds is 4. The Balaban J connectivity index is 1.91. The second kappa shape index (κ2) is 4.89. The standard InChI is InChI=1S/C13H16N2O/c1-2-3-4-9-14-13(16)12-6-5-10-15(12)11-7-8-11/h5-6,10-11H,4,7-9H2,1H3,(H,14,16). The van der Waals surface area contributed by atoms with Crippen LogP contribution in [0.4, 0.5) is 0 Å². The van der Waals surface area contributed by atoms with Gasteiger partial charge in [0.15, 0.2) is 0 Å². The van der Waals surface area contributed by atoms with Crippen molar-refractivity contribution in [2.24, 2.45) is 0 Å². The molecule has 1 amide bonds. The molecule has 3 heteroatoms. The summed E-state index contributed by atoms with van der Waals surface area (Å²) in [5.74, 6) is 5.75. The van der Waals surface area contributed by atoms with E-state index in [1.54, 1.807) is 6.92 Å². The van der Waals surface area contributed by atoms with Gasteiger partial charge in [0.1, 0.15) is 5.69 Å². The Morgan fingerprint density at radius 2 is 2.44 bits per heavy atom. The molecule has 0 saturated heterocycles. The van der Waals surface area contributed by atoms with Crippen molar-refractivity contribution in [1.29, 1.82) is 0 Å². The lowest BCUT2D eigenvalue weighted by Gasteiger charge is -2.07. The highest BCUT2D eigenvalue weighted by Gasteiger charge is 2.26. The van der Waals surface area contributed by atoms with E-state index in [2.05, 4.69) is 21.7 Å². The third-order valence-electron chi connectivity index (χ3n) is 2.66. The maximum absolute atomic E-state index is 11.8. The van der Waals surface area contributed by atoms with Crippen molar-refractivity contribution in [3.05, 3.63) is 24.0 Å². The lowest BCUT2D eigenvalue weighted by atomic mass is 10.3. The van der Waals surface area contributed by atoms with Crippen LogP contribution in [-0.2, 0) is 0 Å². The van der Waals surface area contributed by atoms with E-state index in [4.69, 9.17) is 0 Å². The minimum absolute atomic E-state index is 0.00908. The molecule has 1 N–H and O–H groups in total. The molecule has 84 valence electrons. The summed E-state index contributed by atoms with van der Waals surface area (Å²) < 4.78 is 2.07. The van der Waals surface area contributed by atoms with Crippen LogP contribution in [-0.4, -0.2) is 17.0 Å². The van der Waals surface area contributed by atoms with Crippen molar-refractivity contribution in [3.8, 4) is 11.8 Å². The van der Waals surface area contributed by atoms with E-state index < -0.39 is 0 Å². The molecule has 0 spiro atoms. The van der Waals surface area contributed by atoms with Gasteiger partial charge in [0.25, 0.3) is 5.91 Å². The summed E-state index contributed by atoms with van der Waals surface area (Å²) in [6.45, 7) is 2.43. The van der Waals surface area contributed by atoms with Crippen LogP contribution in [0, 0.1) is 11.8 Å². The normalized spacial score (nSPS) is 14.1. The Bertz CT molecular complexity index is 432. The van der Waals surface area contributed by atoms with Gasteiger partial charge in [-0.15, -0.1) is 11.8 Å². The predicted molar refractivity (Wildman–Crippen MR) is 63.1 cm³/mol. The molecule has 0 aliphatic heterocycles. The molecule has 1 saturated carbocycles. The Kier molecular flexibility index (Phi) is 3.31. The molecule has 3 nitrogen and oxygen atoms in total. The first-order valence-electron chi connectivity index (χ1n) is 5.67. The van der Waals surface area contributed by atoms with E-state index in [1.807, 2.05) is 18.3 Å². The number of nitrogens with zero attached hydrogens (tertiary/aromatic N) is 1. The minimum Gasteiger partial charge on any atom is -0.350 e. The molecule has 1 aliphatic rings. The van der Waals surface area contributed by atoms with Crippen molar-refractivity contribution in [2.75, 3.05) is 6.54 Å². The van der Waals surface area contributed by atoms with Crippen LogP contribution in [0.15, 0.2) is 18.3 Å². The number of nitrogens with one attached hydrogen (secondary N) is 1. The average molecular weight is 216 g/mol. The fourth-order valence-corrected chi connectivity index (χ4v) is 1.71. The van der Waals surface area contributed by atoms with E-state index in [0.717, 1.165) is 5.69 Å². The van der Waals surface area contributed by atoms with Crippen LogP contribution in [0.2, 0.25) is 0 Å². The molecular weight excluding hydrogens is 200 g/mol. The van der Waals surface area contributed by atoms with Gasteiger partial charge in [0, 0.05) is 25.2 Å². The van der Waals surface area contributed by atoms with Gasteiger partial charge < -0.3 is 9.88 Å². The van der Waals surface area contributed by atoms with E-state index in [9.17, 15) is 4.79 Å².